The lowest BCUT2D eigenvalue weighted by molar-refractivity contribution is -0.385. The smallest absolute Gasteiger partial charge is 0.300 e. The van der Waals surface area contributed by atoms with E-state index < -0.39 is 22.1 Å². The number of amides is 2. The van der Waals surface area contributed by atoms with E-state index in [1.807, 2.05) is 0 Å². The van der Waals surface area contributed by atoms with Gasteiger partial charge in [0, 0.05) is 13.1 Å². The number of rotatable bonds is 2. The Labute approximate surface area is 126 Å². The van der Waals surface area contributed by atoms with Gasteiger partial charge < -0.3 is 10.2 Å². The van der Waals surface area contributed by atoms with E-state index in [1.54, 1.807) is 13.8 Å². The molecule has 0 saturated carbocycles. The molecule has 8 heteroatoms. The number of hydrogen-bond donors (Lipinski definition) is 1. The Morgan fingerprint density at radius 3 is 2.76 bits per heavy atom. The van der Waals surface area contributed by atoms with Gasteiger partial charge in [0.15, 0.2) is 0 Å². The van der Waals surface area contributed by atoms with Crippen molar-refractivity contribution in [3.8, 4) is 0 Å². The van der Waals surface area contributed by atoms with E-state index in [9.17, 15) is 19.7 Å². The monoisotopic (exact) mass is 311 g/mol. The molecule has 0 aliphatic carbocycles. The minimum atomic E-state index is -1.08. The highest BCUT2D eigenvalue weighted by molar-refractivity contribution is 6.33. The summed E-state index contributed by atoms with van der Waals surface area (Å²) >= 11 is 5.82. The first-order valence-corrected chi connectivity index (χ1v) is 6.67. The van der Waals surface area contributed by atoms with Gasteiger partial charge >= 0.3 is 5.69 Å². The van der Waals surface area contributed by atoms with Gasteiger partial charge in [-0.15, -0.1) is 0 Å². The second-order valence-electron chi connectivity index (χ2n) is 5.16. The fraction of sp³-hybridized carbons (Fsp3) is 0.385. The highest BCUT2D eigenvalue weighted by Crippen LogP contribution is 2.31. The molecule has 21 heavy (non-hydrogen) atoms. The zero-order chi connectivity index (χ0) is 15.8. The van der Waals surface area contributed by atoms with E-state index >= 15 is 0 Å². The van der Waals surface area contributed by atoms with Crippen molar-refractivity contribution in [2.24, 2.45) is 0 Å². The number of nitro benzene ring substituents is 1. The summed E-state index contributed by atoms with van der Waals surface area (Å²) in [7, 11) is 0. The lowest BCUT2D eigenvalue weighted by atomic mass is 9.97. The predicted octanol–water partition coefficient (Wildman–Crippen LogP) is 1.60. The molecular weight excluding hydrogens is 298 g/mol. The molecule has 1 aliphatic heterocycles. The van der Waals surface area contributed by atoms with Gasteiger partial charge in [0.25, 0.3) is 5.91 Å². The molecular formula is C13H14ClN3O4. The number of hydrogen-bond acceptors (Lipinski definition) is 4. The third kappa shape index (κ3) is 2.56. The van der Waals surface area contributed by atoms with E-state index in [0.29, 0.717) is 6.54 Å². The topological polar surface area (TPSA) is 92.6 Å². The molecule has 1 heterocycles. The number of nitrogens with one attached hydrogen (secondary N) is 1. The molecule has 2 amide bonds. The van der Waals surface area contributed by atoms with Crippen LogP contribution in [0.3, 0.4) is 0 Å². The number of benzene rings is 1. The maximum Gasteiger partial charge on any atom is 0.300 e. The van der Waals surface area contributed by atoms with Gasteiger partial charge in [-0.2, -0.15) is 0 Å². The molecule has 7 nitrogen and oxygen atoms in total. The van der Waals surface area contributed by atoms with Crippen molar-refractivity contribution in [3.63, 3.8) is 0 Å². The fourth-order valence-corrected chi connectivity index (χ4v) is 2.52. The largest absolute Gasteiger partial charge is 0.352 e. The molecule has 0 aromatic heterocycles. The number of carbonyl (C=O) groups is 2. The predicted molar refractivity (Wildman–Crippen MR) is 76.2 cm³/mol. The van der Waals surface area contributed by atoms with Crippen molar-refractivity contribution >= 4 is 29.1 Å². The quantitative estimate of drug-likeness (QED) is 0.663. The third-order valence-electron chi connectivity index (χ3n) is 3.50. The molecule has 0 spiro atoms. The van der Waals surface area contributed by atoms with Gasteiger partial charge in [-0.05, 0) is 26.0 Å². The highest BCUT2D eigenvalue weighted by atomic mass is 35.5. The SMILES string of the molecule is CC1(C)C(=O)NCCN1C(=O)c1cccc(Cl)c1[N+](=O)[O-]. The Morgan fingerprint density at radius 1 is 1.48 bits per heavy atom. The minimum Gasteiger partial charge on any atom is -0.352 e. The molecule has 1 aromatic carbocycles. The van der Waals surface area contributed by atoms with Crippen molar-refractivity contribution in [2.75, 3.05) is 13.1 Å². The van der Waals surface area contributed by atoms with Crippen LogP contribution in [-0.2, 0) is 4.79 Å². The van der Waals surface area contributed by atoms with E-state index in [-0.39, 0.29) is 23.0 Å². The average molecular weight is 312 g/mol. The summed E-state index contributed by atoms with van der Waals surface area (Å²) in [5.74, 6) is -0.879. The van der Waals surface area contributed by atoms with Crippen LogP contribution < -0.4 is 5.32 Å². The van der Waals surface area contributed by atoms with Gasteiger partial charge in [-0.25, -0.2) is 0 Å². The van der Waals surface area contributed by atoms with Crippen LogP contribution in [0.5, 0.6) is 0 Å². The maximum absolute atomic E-state index is 12.6. The standard InChI is InChI=1S/C13H14ClN3O4/c1-13(2)12(19)15-6-7-16(13)11(18)8-4-3-5-9(14)10(8)17(20)21/h3-5H,6-7H2,1-2H3,(H,15,19). The maximum atomic E-state index is 12.6. The van der Waals surface area contributed by atoms with Gasteiger partial charge in [-0.1, -0.05) is 17.7 Å². The molecule has 1 N–H and O–H groups in total. The number of piperazine rings is 1. The third-order valence-corrected chi connectivity index (χ3v) is 3.80. The van der Waals surface area contributed by atoms with Crippen molar-refractivity contribution < 1.29 is 14.5 Å². The van der Waals surface area contributed by atoms with E-state index in [0.717, 1.165) is 0 Å². The zero-order valence-corrected chi connectivity index (χ0v) is 12.3. The zero-order valence-electron chi connectivity index (χ0n) is 11.6. The second-order valence-corrected chi connectivity index (χ2v) is 5.57. The first kappa shape index (κ1) is 15.2. The normalized spacial score (nSPS) is 17.3. The Kier molecular flexibility index (Phi) is 3.87. The lowest BCUT2D eigenvalue weighted by Gasteiger charge is -2.41. The number of halogens is 1. The molecule has 0 bridgehead atoms. The summed E-state index contributed by atoms with van der Waals surface area (Å²) < 4.78 is 0. The number of carbonyl (C=O) groups excluding carboxylic acids is 2. The number of nitrogens with zero attached hydrogens (tertiary/aromatic N) is 2. The molecule has 1 aliphatic rings. The Hall–Kier alpha value is -2.15. The first-order chi connectivity index (χ1) is 9.76. The Morgan fingerprint density at radius 2 is 2.14 bits per heavy atom. The van der Waals surface area contributed by atoms with Crippen molar-refractivity contribution in [1.82, 2.24) is 10.2 Å². The molecule has 1 aromatic rings. The Bertz CT molecular complexity index is 630. The Balaban J connectivity index is 2.48. The molecule has 1 saturated heterocycles. The van der Waals surface area contributed by atoms with E-state index in [4.69, 9.17) is 11.6 Å². The fourth-order valence-electron chi connectivity index (χ4n) is 2.27. The van der Waals surface area contributed by atoms with Crippen LogP contribution in [0.1, 0.15) is 24.2 Å². The highest BCUT2D eigenvalue weighted by Gasteiger charge is 2.42. The van der Waals surface area contributed by atoms with Gasteiger partial charge in [-0.3, -0.25) is 19.7 Å². The summed E-state index contributed by atoms with van der Waals surface area (Å²) in [6.07, 6.45) is 0. The number of nitro groups is 1. The van der Waals surface area contributed by atoms with E-state index in [2.05, 4.69) is 5.32 Å². The van der Waals surface area contributed by atoms with Crippen LogP contribution in [0, 0.1) is 10.1 Å². The summed E-state index contributed by atoms with van der Waals surface area (Å²) in [5.41, 5.74) is -1.63. The van der Waals surface area contributed by atoms with Gasteiger partial charge in [0.1, 0.15) is 16.1 Å². The van der Waals surface area contributed by atoms with E-state index in [1.165, 1.54) is 23.1 Å². The lowest BCUT2D eigenvalue weighted by Crippen LogP contribution is -2.63. The van der Waals surface area contributed by atoms with Crippen molar-refractivity contribution in [2.45, 2.75) is 19.4 Å². The summed E-state index contributed by atoms with van der Waals surface area (Å²) in [6, 6.07) is 4.17. The molecule has 1 fully saturated rings. The van der Waals surface area contributed by atoms with Crippen LogP contribution in [-0.4, -0.2) is 40.3 Å². The van der Waals surface area contributed by atoms with Crippen molar-refractivity contribution in [3.05, 3.63) is 38.9 Å². The first-order valence-electron chi connectivity index (χ1n) is 6.30. The van der Waals surface area contributed by atoms with Crippen LogP contribution >= 0.6 is 11.6 Å². The van der Waals surface area contributed by atoms with Crippen LogP contribution in [0.15, 0.2) is 18.2 Å². The summed E-state index contributed by atoms with van der Waals surface area (Å²) in [6.45, 7) is 3.77. The molecule has 0 radical (unpaired) electrons. The second kappa shape index (κ2) is 5.33. The number of para-hydroxylation sites is 1. The summed E-state index contributed by atoms with van der Waals surface area (Å²) in [4.78, 5) is 36.3. The van der Waals surface area contributed by atoms with Crippen molar-refractivity contribution in [1.29, 1.82) is 0 Å². The summed E-state index contributed by atoms with van der Waals surface area (Å²) in [5, 5.41) is 13.7. The van der Waals surface area contributed by atoms with Crippen LogP contribution in [0.4, 0.5) is 5.69 Å². The molecule has 2 rings (SSSR count). The molecule has 0 unspecified atom stereocenters. The van der Waals surface area contributed by atoms with Crippen LogP contribution in [0.2, 0.25) is 5.02 Å². The average Bonchev–Trinajstić information content (AvgIpc) is 2.40. The van der Waals surface area contributed by atoms with Gasteiger partial charge in [0.2, 0.25) is 5.91 Å². The van der Waals surface area contributed by atoms with Crippen LogP contribution in [0.25, 0.3) is 0 Å². The molecule has 112 valence electrons. The molecule has 0 atom stereocenters. The minimum absolute atomic E-state index is 0.106. The van der Waals surface area contributed by atoms with Gasteiger partial charge in [0.05, 0.1) is 4.92 Å².